The maximum Gasteiger partial charge on any atom is 0.264 e. The van der Waals surface area contributed by atoms with E-state index in [9.17, 15) is 9.59 Å². The number of carbonyl (C=O) groups is 1. The number of nitrogens with zero attached hydrogens (tertiary/aromatic N) is 2. The summed E-state index contributed by atoms with van der Waals surface area (Å²) in [6, 6.07) is 8.48. The van der Waals surface area contributed by atoms with E-state index in [1.54, 1.807) is 0 Å². The zero-order valence-corrected chi connectivity index (χ0v) is 16.4. The molecule has 1 atom stereocenters. The predicted molar refractivity (Wildman–Crippen MR) is 109 cm³/mol. The minimum absolute atomic E-state index is 0.0708. The minimum Gasteiger partial charge on any atom is -0.351 e. The molecule has 28 heavy (non-hydrogen) atoms. The maximum absolute atomic E-state index is 12.5. The van der Waals surface area contributed by atoms with Gasteiger partial charge in [-0.1, -0.05) is 42.7 Å². The molecule has 1 aliphatic carbocycles. The molecule has 2 heterocycles. The van der Waals surface area contributed by atoms with E-state index in [0.717, 1.165) is 36.7 Å². The van der Waals surface area contributed by atoms with E-state index in [2.05, 4.69) is 20.2 Å². The highest BCUT2D eigenvalue weighted by Gasteiger charge is 2.30. The first kappa shape index (κ1) is 18.9. The van der Waals surface area contributed by atoms with Gasteiger partial charge in [-0.3, -0.25) is 9.59 Å². The average Bonchev–Trinajstić information content (AvgIpc) is 3.38. The predicted octanol–water partition coefficient (Wildman–Crippen LogP) is 2.74. The van der Waals surface area contributed by atoms with E-state index in [1.807, 2.05) is 31.2 Å². The lowest BCUT2D eigenvalue weighted by Gasteiger charge is -2.23. The third-order valence-electron chi connectivity index (χ3n) is 6.08. The highest BCUT2D eigenvalue weighted by Crippen LogP contribution is 2.28. The molecule has 1 saturated heterocycles. The Balaban J connectivity index is 1.34. The molecule has 1 saturated carbocycles. The van der Waals surface area contributed by atoms with Crippen LogP contribution in [0.1, 0.15) is 48.0 Å². The Morgan fingerprint density at radius 1 is 1.21 bits per heavy atom. The molecule has 1 aromatic carbocycles. The van der Waals surface area contributed by atoms with Crippen LogP contribution >= 0.6 is 0 Å². The van der Waals surface area contributed by atoms with Gasteiger partial charge >= 0.3 is 0 Å². The van der Waals surface area contributed by atoms with Crippen LogP contribution in [0.3, 0.4) is 0 Å². The van der Waals surface area contributed by atoms with E-state index in [4.69, 9.17) is 0 Å². The van der Waals surface area contributed by atoms with Gasteiger partial charge in [0.05, 0.1) is 0 Å². The summed E-state index contributed by atoms with van der Waals surface area (Å²) in [5, 5.41) is 2.93. The van der Waals surface area contributed by atoms with Crippen molar-refractivity contribution >= 4 is 5.91 Å². The number of hydrogen-bond acceptors (Lipinski definition) is 4. The van der Waals surface area contributed by atoms with Crippen LogP contribution in [0.2, 0.25) is 0 Å². The van der Waals surface area contributed by atoms with Crippen LogP contribution in [0.4, 0.5) is 0 Å². The molecule has 0 radical (unpaired) electrons. The summed E-state index contributed by atoms with van der Waals surface area (Å²) in [6.45, 7) is 4.79. The van der Waals surface area contributed by atoms with Crippen molar-refractivity contribution in [2.24, 2.45) is 5.92 Å². The highest BCUT2D eigenvalue weighted by atomic mass is 16.2. The largest absolute Gasteiger partial charge is 0.351 e. The van der Waals surface area contributed by atoms with Gasteiger partial charge in [0.1, 0.15) is 11.4 Å². The molecular weight excluding hydrogens is 352 g/mol. The number of aromatic nitrogens is 2. The molecule has 1 aliphatic heterocycles. The van der Waals surface area contributed by atoms with Crippen molar-refractivity contribution in [3.63, 3.8) is 0 Å². The fourth-order valence-electron chi connectivity index (χ4n) is 4.38. The molecule has 4 rings (SSSR count). The van der Waals surface area contributed by atoms with Crippen LogP contribution in [0.25, 0.3) is 11.4 Å². The van der Waals surface area contributed by atoms with Crippen molar-refractivity contribution in [3.05, 3.63) is 51.9 Å². The topological polar surface area (TPSA) is 78.1 Å². The van der Waals surface area contributed by atoms with E-state index in [1.165, 1.54) is 31.9 Å². The molecule has 6 nitrogen and oxygen atoms in total. The maximum atomic E-state index is 12.5. The van der Waals surface area contributed by atoms with Gasteiger partial charge < -0.3 is 15.2 Å². The van der Waals surface area contributed by atoms with Gasteiger partial charge in [0.2, 0.25) is 0 Å². The van der Waals surface area contributed by atoms with Crippen molar-refractivity contribution in [1.82, 2.24) is 20.2 Å². The van der Waals surface area contributed by atoms with Gasteiger partial charge in [-0.15, -0.1) is 0 Å². The molecule has 148 valence electrons. The van der Waals surface area contributed by atoms with Gasteiger partial charge in [0, 0.05) is 30.9 Å². The van der Waals surface area contributed by atoms with Crippen LogP contribution in [0.15, 0.2) is 35.3 Å². The van der Waals surface area contributed by atoms with Crippen LogP contribution < -0.4 is 10.9 Å². The standard InChI is InChI=1S/C22H28N4O2/c1-15-6-8-17(9-7-15)20-23-13-19(22(28)25-20)21(27)24-12-16-10-11-26(14-16)18-4-2-3-5-18/h6-9,13,16,18H,2-5,10-12,14H2,1H3,(H,24,27)(H,23,25,28). The van der Waals surface area contributed by atoms with Crippen molar-refractivity contribution in [2.45, 2.75) is 45.1 Å². The molecule has 6 heteroatoms. The van der Waals surface area contributed by atoms with Crippen molar-refractivity contribution < 1.29 is 4.79 Å². The molecule has 2 aromatic rings. The van der Waals surface area contributed by atoms with Crippen molar-refractivity contribution in [2.75, 3.05) is 19.6 Å². The Kier molecular flexibility index (Phi) is 5.57. The van der Waals surface area contributed by atoms with E-state index >= 15 is 0 Å². The van der Waals surface area contributed by atoms with Crippen molar-refractivity contribution in [3.8, 4) is 11.4 Å². The van der Waals surface area contributed by atoms with Gasteiger partial charge in [-0.25, -0.2) is 4.98 Å². The number of aryl methyl sites for hydroxylation is 1. The second-order valence-electron chi connectivity index (χ2n) is 8.14. The van der Waals surface area contributed by atoms with Gasteiger partial charge in [-0.2, -0.15) is 0 Å². The fraction of sp³-hybridized carbons (Fsp3) is 0.500. The Hall–Kier alpha value is -2.47. The minimum atomic E-state index is -0.401. The zero-order valence-electron chi connectivity index (χ0n) is 16.4. The molecule has 0 bridgehead atoms. The summed E-state index contributed by atoms with van der Waals surface area (Å²) in [7, 11) is 0. The number of rotatable bonds is 5. The lowest BCUT2D eigenvalue weighted by molar-refractivity contribution is 0.0945. The first-order chi connectivity index (χ1) is 13.6. The number of carbonyl (C=O) groups excluding carboxylic acids is 1. The number of hydrogen-bond donors (Lipinski definition) is 2. The summed E-state index contributed by atoms with van der Waals surface area (Å²) >= 11 is 0. The number of nitrogens with one attached hydrogen (secondary N) is 2. The number of benzene rings is 1. The fourth-order valence-corrected chi connectivity index (χ4v) is 4.38. The molecule has 1 aromatic heterocycles. The summed E-state index contributed by atoms with van der Waals surface area (Å²) in [6.07, 6.45) is 7.80. The Morgan fingerprint density at radius 2 is 1.96 bits per heavy atom. The Bertz CT molecular complexity index is 884. The summed E-state index contributed by atoms with van der Waals surface area (Å²) in [5.74, 6) is 0.594. The zero-order chi connectivity index (χ0) is 19.5. The molecule has 0 spiro atoms. The summed E-state index contributed by atoms with van der Waals surface area (Å²) < 4.78 is 0. The molecule has 2 fully saturated rings. The molecule has 1 unspecified atom stereocenters. The molecule has 2 N–H and O–H groups in total. The number of H-pyrrole nitrogens is 1. The summed E-state index contributed by atoms with van der Waals surface area (Å²) in [5.41, 5.74) is 1.64. The van der Waals surface area contributed by atoms with Crippen LogP contribution in [-0.2, 0) is 0 Å². The Labute approximate surface area is 165 Å². The normalized spacial score (nSPS) is 20.5. The Morgan fingerprint density at radius 3 is 2.68 bits per heavy atom. The van der Waals surface area contributed by atoms with Gasteiger partial charge in [0.25, 0.3) is 11.5 Å². The number of likely N-dealkylation sites (tertiary alicyclic amines) is 1. The molecular formula is C22H28N4O2. The van der Waals surface area contributed by atoms with E-state index in [0.29, 0.717) is 18.3 Å². The second kappa shape index (κ2) is 8.27. The number of amides is 1. The van der Waals surface area contributed by atoms with E-state index < -0.39 is 5.56 Å². The van der Waals surface area contributed by atoms with Crippen LogP contribution in [-0.4, -0.2) is 46.5 Å². The smallest absolute Gasteiger partial charge is 0.264 e. The third kappa shape index (κ3) is 4.17. The van der Waals surface area contributed by atoms with E-state index in [-0.39, 0.29) is 11.5 Å². The quantitative estimate of drug-likeness (QED) is 0.836. The second-order valence-corrected chi connectivity index (χ2v) is 8.14. The first-order valence-electron chi connectivity index (χ1n) is 10.3. The lowest BCUT2D eigenvalue weighted by Crippen LogP contribution is -2.36. The van der Waals surface area contributed by atoms with Crippen LogP contribution in [0, 0.1) is 12.8 Å². The average molecular weight is 380 g/mol. The molecule has 1 amide bonds. The van der Waals surface area contributed by atoms with Gasteiger partial charge in [0.15, 0.2) is 0 Å². The van der Waals surface area contributed by atoms with Gasteiger partial charge in [-0.05, 0) is 38.6 Å². The lowest BCUT2D eigenvalue weighted by atomic mass is 10.1. The summed E-state index contributed by atoms with van der Waals surface area (Å²) in [4.78, 5) is 34.4. The third-order valence-corrected chi connectivity index (χ3v) is 6.08. The first-order valence-corrected chi connectivity index (χ1v) is 10.3. The monoisotopic (exact) mass is 380 g/mol. The van der Waals surface area contributed by atoms with Crippen molar-refractivity contribution in [1.29, 1.82) is 0 Å². The van der Waals surface area contributed by atoms with Crippen LogP contribution in [0.5, 0.6) is 0 Å². The molecule has 2 aliphatic rings. The number of aromatic amines is 1. The highest BCUT2D eigenvalue weighted by molar-refractivity contribution is 5.93. The SMILES string of the molecule is Cc1ccc(-c2ncc(C(=O)NCC3CCN(C4CCCC4)C3)c(=O)[nH]2)cc1.